The molecule has 7 heteroatoms. The van der Waals surface area contributed by atoms with Crippen LogP contribution in [0, 0.1) is 0 Å². The molecule has 0 saturated carbocycles. The summed E-state index contributed by atoms with van der Waals surface area (Å²) in [7, 11) is -3.50. The lowest BCUT2D eigenvalue weighted by Gasteiger charge is -2.10. The van der Waals surface area contributed by atoms with Crippen LogP contribution in [0.3, 0.4) is 0 Å². The smallest absolute Gasteiger partial charge is 0.250 e. The molecular weight excluding hydrogens is 264 g/mol. The lowest BCUT2D eigenvalue weighted by Crippen LogP contribution is -2.20. The summed E-state index contributed by atoms with van der Waals surface area (Å²) in [6.45, 7) is 0. The van der Waals surface area contributed by atoms with Crippen molar-refractivity contribution in [1.82, 2.24) is 0 Å². The van der Waals surface area contributed by atoms with Crippen molar-refractivity contribution in [2.45, 2.75) is 6.42 Å². The molecule has 0 aliphatic carbocycles. The van der Waals surface area contributed by atoms with E-state index in [0.717, 1.165) is 0 Å². The lowest BCUT2D eigenvalue weighted by atomic mass is 10.2. The van der Waals surface area contributed by atoms with E-state index in [2.05, 4.69) is 4.72 Å². The fourth-order valence-electron chi connectivity index (χ4n) is 1.25. The summed E-state index contributed by atoms with van der Waals surface area (Å²) in [4.78, 5) is 11.1. The molecule has 94 valence electrons. The van der Waals surface area contributed by atoms with Crippen molar-refractivity contribution in [3.63, 3.8) is 0 Å². The van der Waals surface area contributed by atoms with Crippen LogP contribution in [0.1, 0.15) is 16.8 Å². The summed E-state index contributed by atoms with van der Waals surface area (Å²) in [5, 5.41) is 0. The van der Waals surface area contributed by atoms with E-state index >= 15 is 0 Å². The fraction of sp³-hybridized carbons (Fsp3) is 0.300. The van der Waals surface area contributed by atoms with Gasteiger partial charge in [-0.05, 0) is 18.6 Å². The molecular formula is C10H13ClN2O3S. The maximum Gasteiger partial charge on any atom is 0.250 e. The number of amides is 1. The molecule has 1 rings (SSSR count). The summed E-state index contributed by atoms with van der Waals surface area (Å²) in [5.41, 5.74) is 5.47. The summed E-state index contributed by atoms with van der Waals surface area (Å²) in [5.74, 6) is -0.511. The van der Waals surface area contributed by atoms with Crippen molar-refractivity contribution in [3.05, 3.63) is 29.8 Å². The number of halogens is 1. The van der Waals surface area contributed by atoms with Gasteiger partial charge in [0.25, 0.3) is 5.91 Å². The van der Waals surface area contributed by atoms with E-state index < -0.39 is 15.9 Å². The third kappa shape index (κ3) is 4.24. The van der Waals surface area contributed by atoms with Gasteiger partial charge in [-0.25, -0.2) is 8.42 Å². The molecule has 0 unspecified atom stereocenters. The van der Waals surface area contributed by atoms with Gasteiger partial charge >= 0.3 is 0 Å². The van der Waals surface area contributed by atoms with E-state index in [-0.39, 0.29) is 22.9 Å². The highest BCUT2D eigenvalue weighted by Crippen LogP contribution is 2.16. The summed E-state index contributed by atoms with van der Waals surface area (Å²) in [6, 6.07) is 6.17. The minimum Gasteiger partial charge on any atom is -0.366 e. The van der Waals surface area contributed by atoms with Crippen LogP contribution in [0.4, 0.5) is 5.69 Å². The Labute approximate surface area is 105 Å². The molecule has 3 N–H and O–H groups in total. The van der Waals surface area contributed by atoms with Crippen LogP contribution in [0.25, 0.3) is 0 Å². The van der Waals surface area contributed by atoms with Crippen molar-refractivity contribution >= 4 is 33.2 Å². The zero-order chi connectivity index (χ0) is 12.9. The monoisotopic (exact) mass is 276 g/mol. The van der Waals surface area contributed by atoms with Crippen LogP contribution >= 0.6 is 11.6 Å². The van der Waals surface area contributed by atoms with Crippen LogP contribution in [0.15, 0.2) is 24.3 Å². The lowest BCUT2D eigenvalue weighted by molar-refractivity contribution is 0.100. The minimum atomic E-state index is -3.50. The molecule has 0 heterocycles. The van der Waals surface area contributed by atoms with Gasteiger partial charge in [0.2, 0.25) is 10.0 Å². The zero-order valence-electron chi connectivity index (χ0n) is 9.02. The van der Waals surface area contributed by atoms with Crippen LogP contribution < -0.4 is 10.5 Å². The number of nitrogens with one attached hydrogen (secondary N) is 1. The van der Waals surface area contributed by atoms with Gasteiger partial charge in [0.15, 0.2) is 0 Å². The van der Waals surface area contributed by atoms with Crippen molar-refractivity contribution in [2.75, 3.05) is 16.4 Å². The Morgan fingerprint density at radius 1 is 1.35 bits per heavy atom. The zero-order valence-corrected chi connectivity index (χ0v) is 10.6. The third-order valence-corrected chi connectivity index (χ3v) is 3.63. The molecule has 17 heavy (non-hydrogen) atoms. The number of carbonyl (C=O) groups is 1. The van der Waals surface area contributed by atoms with Gasteiger partial charge in [-0.2, -0.15) is 0 Å². The third-order valence-electron chi connectivity index (χ3n) is 2.00. The highest BCUT2D eigenvalue weighted by molar-refractivity contribution is 7.92. The number of hydrogen-bond acceptors (Lipinski definition) is 3. The predicted octanol–water partition coefficient (Wildman–Crippen LogP) is 1.16. The largest absolute Gasteiger partial charge is 0.366 e. The van der Waals surface area contributed by atoms with Gasteiger partial charge in [-0.1, -0.05) is 12.1 Å². The van der Waals surface area contributed by atoms with Crippen molar-refractivity contribution in [3.8, 4) is 0 Å². The number of nitrogens with two attached hydrogens (primary N) is 1. The first-order valence-electron chi connectivity index (χ1n) is 4.91. The molecule has 1 aromatic rings. The van der Waals surface area contributed by atoms with E-state index in [1.807, 2.05) is 0 Å². The first-order chi connectivity index (χ1) is 7.96. The average molecular weight is 277 g/mol. The SMILES string of the molecule is NC(=O)c1ccccc1NS(=O)(=O)CCCCl. The number of carbonyl (C=O) groups excluding carboxylic acids is 1. The van der Waals surface area contributed by atoms with Crippen LogP contribution in [-0.2, 0) is 10.0 Å². The first kappa shape index (κ1) is 13.8. The van der Waals surface area contributed by atoms with Crippen molar-refractivity contribution < 1.29 is 13.2 Å². The fourth-order valence-corrected chi connectivity index (χ4v) is 2.68. The van der Waals surface area contributed by atoms with Crippen LogP contribution in [0.5, 0.6) is 0 Å². The molecule has 5 nitrogen and oxygen atoms in total. The Kier molecular flexibility index (Phi) is 4.77. The minimum absolute atomic E-state index is 0.0937. The van der Waals surface area contributed by atoms with E-state index in [9.17, 15) is 13.2 Å². The van der Waals surface area contributed by atoms with Gasteiger partial charge in [0.1, 0.15) is 0 Å². The predicted molar refractivity (Wildman–Crippen MR) is 67.7 cm³/mol. The number of sulfonamides is 1. The van der Waals surface area contributed by atoms with Gasteiger partial charge in [-0.15, -0.1) is 11.6 Å². The molecule has 1 amide bonds. The Bertz CT molecular complexity index is 502. The van der Waals surface area contributed by atoms with Crippen molar-refractivity contribution in [1.29, 1.82) is 0 Å². The van der Waals surface area contributed by atoms with Gasteiger partial charge in [-0.3, -0.25) is 9.52 Å². The van der Waals surface area contributed by atoms with E-state index in [1.165, 1.54) is 12.1 Å². The number of alkyl halides is 1. The number of primary amides is 1. The van der Waals surface area contributed by atoms with Gasteiger partial charge in [0.05, 0.1) is 17.0 Å². The van der Waals surface area contributed by atoms with E-state index in [0.29, 0.717) is 6.42 Å². The highest BCUT2D eigenvalue weighted by Gasteiger charge is 2.14. The molecule has 0 fully saturated rings. The second-order valence-corrected chi connectivity index (χ2v) is 5.59. The second-order valence-electron chi connectivity index (χ2n) is 3.37. The normalized spacial score (nSPS) is 11.1. The molecule has 0 aliphatic heterocycles. The molecule has 0 aliphatic rings. The molecule has 0 radical (unpaired) electrons. The Morgan fingerprint density at radius 2 is 2.00 bits per heavy atom. The Hall–Kier alpha value is -1.27. The van der Waals surface area contributed by atoms with E-state index in [4.69, 9.17) is 17.3 Å². The second kappa shape index (κ2) is 5.88. The molecule has 0 spiro atoms. The molecule has 0 atom stereocenters. The van der Waals surface area contributed by atoms with Crippen molar-refractivity contribution in [2.24, 2.45) is 5.73 Å². The molecule has 1 aromatic carbocycles. The van der Waals surface area contributed by atoms with Crippen LogP contribution in [-0.4, -0.2) is 26.0 Å². The van der Waals surface area contributed by atoms with Crippen LogP contribution in [0.2, 0.25) is 0 Å². The average Bonchev–Trinajstić information content (AvgIpc) is 2.26. The quantitative estimate of drug-likeness (QED) is 0.764. The number of hydrogen-bond donors (Lipinski definition) is 2. The molecule has 0 aromatic heterocycles. The molecule has 0 saturated heterocycles. The maximum absolute atomic E-state index is 11.6. The maximum atomic E-state index is 11.6. The standard InChI is InChI=1S/C10H13ClN2O3S/c11-6-3-7-17(15,16)13-9-5-2-1-4-8(9)10(12)14/h1-2,4-5,13H,3,6-7H2,(H2,12,14). The summed E-state index contributed by atoms with van der Waals surface area (Å²) in [6.07, 6.45) is 0.343. The first-order valence-corrected chi connectivity index (χ1v) is 7.10. The number of benzene rings is 1. The van der Waals surface area contributed by atoms with Gasteiger partial charge < -0.3 is 5.73 Å². The number of anilines is 1. The number of rotatable bonds is 6. The Balaban J connectivity index is 2.92. The highest BCUT2D eigenvalue weighted by atomic mass is 35.5. The molecule has 0 bridgehead atoms. The van der Waals surface area contributed by atoms with E-state index in [1.54, 1.807) is 12.1 Å². The summed E-state index contributed by atoms with van der Waals surface area (Å²) >= 11 is 5.43. The number of para-hydroxylation sites is 1. The summed E-state index contributed by atoms with van der Waals surface area (Å²) < 4.78 is 25.5. The Morgan fingerprint density at radius 3 is 2.59 bits per heavy atom. The van der Waals surface area contributed by atoms with Gasteiger partial charge in [0, 0.05) is 5.88 Å². The topological polar surface area (TPSA) is 89.3 Å².